The van der Waals surface area contributed by atoms with E-state index in [1.54, 1.807) is 0 Å². The molecule has 0 amide bonds. The van der Waals surface area contributed by atoms with Crippen LogP contribution in [0.5, 0.6) is 0 Å². The van der Waals surface area contributed by atoms with Gasteiger partial charge in [0.25, 0.3) is 0 Å². The molecule has 122 valence electrons. The van der Waals surface area contributed by atoms with E-state index in [1.165, 1.54) is 22.3 Å². The summed E-state index contributed by atoms with van der Waals surface area (Å²) in [6.07, 6.45) is 3.99. The first kappa shape index (κ1) is 16.2. The first-order chi connectivity index (χ1) is 11.2. The normalized spacial score (nSPS) is 15.8. The summed E-state index contributed by atoms with van der Waals surface area (Å²) in [6, 6.07) is 17.7. The highest BCUT2D eigenvalue weighted by atomic mass is 16.3. The Kier molecular flexibility index (Phi) is 4.84. The quantitative estimate of drug-likeness (QED) is 0.915. The van der Waals surface area contributed by atoms with E-state index in [9.17, 15) is 5.11 Å². The number of fused-ring (bicyclic) bond motifs is 2. The van der Waals surface area contributed by atoms with E-state index in [0.717, 1.165) is 32.2 Å². The van der Waals surface area contributed by atoms with Crippen LogP contribution in [0.4, 0.5) is 0 Å². The van der Waals surface area contributed by atoms with E-state index in [4.69, 9.17) is 0 Å². The molecule has 0 saturated carbocycles. The molecule has 2 aromatic carbocycles. The first-order valence-corrected chi connectivity index (χ1v) is 8.60. The lowest BCUT2D eigenvalue weighted by Gasteiger charge is -2.37. The zero-order valence-corrected chi connectivity index (χ0v) is 14.3. The molecule has 1 N–H and O–H groups in total. The lowest BCUT2D eigenvalue weighted by Crippen LogP contribution is -2.34. The van der Waals surface area contributed by atoms with Gasteiger partial charge in [-0.3, -0.25) is 0 Å². The van der Waals surface area contributed by atoms with Gasteiger partial charge in [0.1, 0.15) is 0 Å². The fraction of sp³-hybridized carbons (Fsp3) is 0.429. The molecule has 0 unspecified atom stereocenters. The summed E-state index contributed by atoms with van der Waals surface area (Å²) in [5.41, 5.74) is 5.64. The van der Waals surface area contributed by atoms with Crippen LogP contribution in [0.25, 0.3) is 0 Å². The molecule has 2 aromatic rings. The van der Waals surface area contributed by atoms with Crippen LogP contribution < -0.4 is 0 Å². The van der Waals surface area contributed by atoms with E-state index in [-0.39, 0.29) is 12.0 Å². The van der Waals surface area contributed by atoms with Crippen LogP contribution >= 0.6 is 0 Å². The molecule has 0 saturated heterocycles. The highest BCUT2D eigenvalue weighted by molar-refractivity contribution is 5.49. The van der Waals surface area contributed by atoms with Crippen LogP contribution in [0.2, 0.25) is 0 Å². The van der Waals surface area contributed by atoms with Crippen molar-refractivity contribution in [1.82, 2.24) is 4.90 Å². The van der Waals surface area contributed by atoms with Crippen molar-refractivity contribution < 1.29 is 5.11 Å². The summed E-state index contributed by atoms with van der Waals surface area (Å²) in [7, 11) is 4.25. The summed E-state index contributed by atoms with van der Waals surface area (Å²) in [5.74, 6) is 0. The summed E-state index contributed by atoms with van der Waals surface area (Å²) in [4.78, 5) is 2.25. The average Bonchev–Trinajstić information content (AvgIpc) is 2.70. The number of aliphatic hydroxyl groups excluding tert-OH is 1. The van der Waals surface area contributed by atoms with Gasteiger partial charge in [-0.2, -0.15) is 0 Å². The third-order valence-corrected chi connectivity index (χ3v) is 5.25. The van der Waals surface area contributed by atoms with Crippen molar-refractivity contribution in [2.45, 2.75) is 31.1 Å². The second-order valence-corrected chi connectivity index (χ2v) is 6.92. The zero-order chi connectivity index (χ0) is 16.3. The molecule has 0 heterocycles. The second kappa shape index (κ2) is 6.86. The van der Waals surface area contributed by atoms with Crippen LogP contribution in [0.3, 0.4) is 0 Å². The monoisotopic (exact) mass is 309 g/mol. The molecule has 1 aliphatic rings. The molecule has 0 bridgehead atoms. The van der Waals surface area contributed by atoms with Gasteiger partial charge in [0.2, 0.25) is 0 Å². The molecule has 0 spiro atoms. The Balaban J connectivity index is 2.20. The number of benzene rings is 2. The Morgan fingerprint density at radius 3 is 1.87 bits per heavy atom. The van der Waals surface area contributed by atoms with Crippen molar-refractivity contribution in [3.05, 3.63) is 70.8 Å². The van der Waals surface area contributed by atoms with Gasteiger partial charge in [0.15, 0.2) is 0 Å². The third kappa shape index (κ3) is 3.06. The largest absolute Gasteiger partial charge is 0.396 e. The third-order valence-electron chi connectivity index (χ3n) is 5.25. The molecule has 2 heteroatoms. The van der Waals surface area contributed by atoms with Crippen LogP contribution in [0.15, 0.2) is 48.5 Å². The fourth-order valence-electron chi connectivity index (χ4n) is 4.09. The smallest absolute Gasteiger partial charge is 0.0442 e. The van der Waals surface area contributed by atoms with Crippen molar-refractivity contribution in [2.24, 2.45) is 0 Å². The van der Waals surface area contributed by atoms with Gasteiger partial charge in [0, 0.05) is 12.0 Å². The standard InChI is InChI=1S/C21H27NO/c1-22(2)15-13-21(14-16-23)19-9-5-3-7-17(19)11-12-18-8-4-6-10-20(18)21/h3-10,23H,11-16H2,1-2H3. The zero-order valence-electron chi connectivity index (χ0n) is 14.3. The second-order valence-electron chi connectivity index (χ2n) is 6.92. The topological polar surface area (TPSA) is 23.5 Å². The number of aliphatic hydroxyl groups is 1. The Labute approximate surface area is 139 Å². The fourth-order valence-corrected chi connectivity index (χ4v) is 4.09. The molecule has 0 fully saturated rings. The van der Waals surface area contributed by atoms with Crippen LogP contribution in [-0.2, 0) is 18.3 Å². The molecule has 2 nitrogen and oxygen atoms in total. The van der Waals surface area contributed by atoms with Gasteiger partial charge in [-0.25, -0.2) is 0 Å². The Bertz CT molecular complexity index is 615. The summed E-state index contributed by atoms with van der Waals surface area (Å²) in [5, 5.41) is 9.88. The molecule has 0 aromatic heterocycles. The summed E-state index contributed by atoms with van der Waals surface area (Å²) in [6.45, 7) is 1.23. The maximum Gasteiger partial charge on any atom is 0.0442 e. The number of rotatable bonds is 5. The van der Waals surface area contributed by atoms with Gasteiger partial charge in [0.05, 0.1) is 0 Å². The van der Waals surface area contributed by atoms with Crippen molar-refractivity contribution in [1.29, 1.82) is 0 Å². The summed E-state index contributed by atoms with van der Waals surface area (Å²) < 4.78 is 0. The highest BCUT2D eigenvalue weighted by Crippen LogP contribution is 2.44. The van der Waals surface area contributed by atoms with Crippen molar-refractivity contribution >= 4 is 0 Å². The van der Waals surface area contributed by atoms with E-state index in [1.807, 2.05) is 0 Å². The first-order valence-electron chi connectivity index (χ1n) is 8.60. The van der Waals surface area contributed by atoms with Crippen LogP contribution in [0.1, 0.15) is 35.1 Å². The molecule has 0 atom stereocenters. The molecule has 0 radical (unpaired) electrons. The van der Waals surface area contributed by atoms with Gasteiger partial charge in [-0.15, -0.1) is 0 Å². The van der Waals surface area contributed by atoms with E-state index in [2.05, 4.69) is 67.5 Å². The minimum absolute atomic E-state index is 0.0806. The maximum atomic E-state index is 9.88. The van der Waals surface area contributed by atoms with Crippen LogP contribution in [-0.4, -0.2) is 37.3 Å². The van der Waals surface area contributed by atoms with Gasteiger partial charge < -0.3 is 10.0 Å². The number of hydrogen-bond acceptors (Lipinski definition) is 2. The summed E-state index contributed by atoms with van der Waals surface area (Å²) >= 11 is 0. The predicted molar refractivity (Wildman–Crippen MR) is 95.9 cm³/mol. The minimum atomic E-state index is -0.0806. The number of aryl methyl sites for hydroxylation is 2. The minimum Gasteiger partial charge on any atom is -0.396 e. The van der Waals surface area contributed by atoms with Crippen LogP contribution in [0, 0.1) is 0 Å². The molecule has 1 aliphatic carbocycles. The highest BCUT2D eigenvalue weighted by Gasteiger charge is 2.38. The van der Waals surface area contributed by atoms with Crippen molar-refractivity contribution in [3.8, 4) is 0 Å². The average molecular weight is 309 g/mol. The molecule has 0 aliphatic heterocycles. The molecular weight excluding hydrogens is 282 g/mol. The van der Waals surface area contributed by atoms with E-state index in [0.29, 0.717) is 0 Å². The van der Waals surface area contributed by atoms with Crippen molar-refractivity contribution in [3.63, 3.8) is 0 Å². The Hall–Kier alpha value is -1.64. The van der Waals surface area contributed by atoms with E-state index >= 15 is 0 Å². The Morgan fingerprint density at radius 1 is 0.870 bits per heavy atom. The molecule has 3 rings (SSSR count). The molecule has 23 heavy (non-hydrogen) atoms. The SMILES string of the molecule is CN(C)CCC1(CCO)c2ccccc2CCc2ccccc21. The van der Waals surface area contributed by atoms with Gasteiger partial charge >= 0.3 is 0 Å². The molecular formula is C21H27NO. The lowest BCUT2D eigenvalue weighted by molar-refractivity contribution is 0.236. The van der Waals surface area contributed by atoms with Crippen molar-refractivity contribution in [2.75, 3.05) is 27.2 Å². The van der Waals surface area contributed by atoms with Gasteiger partial charge in [-0.1, -0.05) is 48.5 Å². The number of nitrogens with zero attached hydrogens (tertiary/aromatic N) is 1. The predicted octanol–water partition coefficient (Wildman–Crippen LogP) is 3.41. The maximum absolute atomic E-state index is 9.88. The Morgan fingerprint density at radius 2 is 1.39 bits per heavy atom. The van der Waals surface area contributed by atoms with Gasteiger partial charge in [-0.05, 0) is 68.6 Å². The lowest BCUT2D eigenvalue weighted by atomic mass is 9.68. The number of hydrogen-bond donors (Lipinski definition) is 1. The van der Waals surface area contributed by atoms with E-state index < -0.39 is 0 Å².